The summed E-state index contributed by atoms with van der Waals surface area (Å²) in [4.78, 5) is 28.4. The number of H-pyrrole nitrogens is 1. The predicted octanol–water partition coefficient (Wildman–Crippen LogP) is 3.83. The van der Waals surface area contributed by atoms with Crippen molar-refractivity contribution in [1.82, 2.24) is 15.6 Å². The number of para-hydroxylation sites is 1. The number of hydrogen-bond donors (Lipinski definition) is 4. The van der Waals surface area contributed by atoms with Gasteiger partial charge in [-0.2, -0.15) is 0 Å². The smallest absolute Gasteiger partial charge is 0.319 e. The summed E-state index contributed by atoms with van der Waals surface area (Å²) < 4.78 is 0. The maximum absolute atomic E-state index is 12.7. The largest absolute Gasteiger partial charge is 0.361 e. The van der Waals surface area contributed by atoms with Crippen LogP contribution in [0.15, 0.2) is 54.7 Å². The molecule has 6 nitrogen and oxygen atoms in total. The number of amides is 3. The molecule has 28 heavy (non-hydrogen) atoms. The lowest BCUT2D eigenvalue weighted by atomic mass is 10.0. The monoisotopic (exact) mass is 396 g/mol. The van der Waals surface area contributed by atoms with Crippen LogP contribution in [0.3, 0.4) is 0 Å². The number of hydrogen-bond acceptors (Lipinski definition) is 2. The highest BCUT2D eigenvalue weighted by Crippen LogP contribution is 2.21. The topological polar surface area (TPSA) is 86.0 Å². The van der Waals surface area contributed by atoms with Crippen LogP contribution in [0.2, 0.25) is 5.02 Å². The third-order valence-electron chi connectivity index (χ3n) is 4.75. The third kappa shape index (κ3) is 4.46. The number of aromatic amines is 1. The van der Waals surface area contributed by atoms with E-state index in [1.165, 1.54) is 0 Å². The summed E-state index contributed by atoms with van der Waals surface area (Å²) in [6.45, 7) is 0. The molecule has 1 aromatic heterocycles. The lowest BCUT2D eigenvalue weighted by Gasteiger charge is -2.19. The van der Waals surface area contributed by atoms with E-state index in [1.54, 1.807) is 24.3 Å². The van der Waals surface area contributed by atoms with Crippen molar-refractivity contribution >= 4 is 40.1 Å². The molecule has 0 aliphatic heterocycles. The summed E-state index contributed by atoms with van der Waals surface area (Å²) in [5.41, 5.74) is 2.60. The average Bonchev–Trinajstić information content (AvgIpc) is 3.41. The van der Waals surface area contributed by atoms with Gasteiger partial charge in [0.1, 0.15) is 6.04 Å². The van der Waals surface area contributed by atoms with Crippen LogP contribution >= 0.6 is 11.6 Å². The molecule has 0 unspecified atom stereocenters. The zero-order valence-electron chi connectivity index (χ0n) is 15.2. The molecular formula is C21H21ClN4O2. The second-order valence-electron chi connectivity index (χ2n) is 7.00. The molecule has 1 aliphatic carbocycles. The minimum absolute atomic E-state index is 0.168. The van der Waals surface area contributed by atoms with Crippen LogP contribution in [0.4, 0.5) is 10.5 Å². The molecule has 144 valence electrons. The Kier molecular flexibility index (Phi) is 5.21. The van der Waals surface area contributed by atoms with Crippen LogP contribution in [-0.4, -0.2) is 29.0 Å². The average molecular weight is 397 g/mol. The molecule has 3 amide bonds. The number of fused-ring (bicyclic) bond motifs is 1. The molecule has 0 bridgehead atoms. The Morgan fingerprint density at radius 1 is 1.11 bits per heavy atom. The van der Waals surface area contributed by atoms with Gasteiger partial charge in [0.15, 0.2) is 0 Å². The Balaban J connectivity index is 1.48. The van der Waals surface area contributed by atoms with Crippen molar-refractivity contribution in [1.29, 1.82) is 0 Å². The first-order valence-corrected chi connectivity index (χ1v) is 9.65. The summed E-state index contributed by atoms with van der Waals surface area (Å²) in [6.07, 6.45) is 4.27. The first kappa shape index (κ1) is 18.4. The molecule has 0 radical (unpaired) electrons. The van der Waals surface area contributed by atoms with E-state index in [9.17, 15) is 9.59 Å². The summed E-state index contributed by atoms with van der Waals surface area (Å²) in [5, 5.41) is 10.2. The lowest BCUT2D eigenvalue weighted by molar-refractivity contribution is -0.123. The number of urea groups is 1. The summed E-state index contributed by atoms with van der Waals surface area (Å²) in [5.74, 6) is -0.168. The highest BCUT2D eigenvalue weighted by atomic mass is 35.5. The zero-order valence-corrected chi connectivity index (χ0v) is 15.9. The Bertz CT molecular complexity index is 995. The predicted molar refractivity (Wildman–Crippen MR) is 111 cm³/mol. The summed E-state index contributed by atoms with van der Waals surface area (Å²) >= 11 is 5.87. The van der Waals surface area contributed by atoms with E-state index in [0.29, 0.717) is 17.1 Å². The van der Waals surface area contributed by atoms with Gasteiger partial charge in [0.25, 0.3) is 0 Å². The van der Waals surface area contributed by atoms with Crippen molar-refractivity contribution in [2.75, 3.05) is 5.32 Å². The molecule has 3 aromatic rings. The standard InChI is InChI=1S/C21H21ClN4O2/c22-14-5-7-16(8-6-14)25-21(28)26-19(20(27)24-15-9-10-15)11-13-12-23-18-4-2-1-3-17(13)18/h1-8,12,15,19,23H,9-11H2,(H,24,27)(H2,25,26,28)/t19-/m0/s1. The van der Waals surface area contributed by atoms with Gasteiger partial charge in [-0.3, -0.25) is 4.79 Å². The van der Waals surface area contributed by atoms with Crippen LogP contribution in [-0.2, 0) is 11.2 Å². The third-order valence-corrected chi connectivity index (χ3v) is 5.00. The molecule has 1 atom stereocenters. The Morgan fingerprint density at radius 3 is 2.61 bits per heavy atom. The Hall–Kier alpha value is -2.99. The normalized spacial score (nSPS) is 14.5. The number of carbonyl (C=O) groups excluding carboxylic acids is 2. The summed E-state index contributed by atoms with van der Waals surface area (Å²) in [6, 6.07) is 13.8. The fourth-order valence-electron chi connectivity index (χ4n) is 3.12. The molecule has 7 heteroatoms. The van der Waals surface area contributed by atoms with Crippen molar-refractivity contribution in [2.24, 2.45) is 0 Å². The van der Waals surface area contributed by atoms with E-state index < -0.39 is 12.1 Å². The van der Waals surface area contributed by atoms with E-state index in [4.69, 9.17) is 11.6 Å². The van der Waals surface area contributed by atoms with Crippen LogP contribution in [0.5, 0.6) is 0 Å². The van der Waals surface area contributed by atoms with Crippen LogP contribution < -0.4 is 16.0 Å². The second kappa shape index (κ2) is 7.94. The Morgan fingerprint density at radius 2 is 1.86 bits per heavy atom. The Labute approximate surface area is 167 Å². The van der Waals surface area contributed by atoms with Gasteiger partial charge in [-0.05, 0) is 48.7 Å². The number of anilines is 1. The van der Waals surface area contributed by atoms with Crippen molar-refractivity contribution in [3.63, 3.8) is 0 Å². The first-order chi connectivity index (χ1) is 13.6. The highest BCUT2D eigenvalue weighted by Gasteiger charge is 2.29. The highest BCUT2D eigenvalue weighted by molar-refractivity contribution is 6.30. The maximum Gasteiger partial charge on any atom is 0.319 e. The quantitative estimate of drug-likeness (QED) is 0.510. The molecular weight excluding hydrogens is 376 g/mol. The molecule has 1 heterocycles. The van der Waals surface area contributed by atoms with Gasteiger partial charge in [-0.1, -0.05) is 29.8 Å². The number of benzene rings is 2. The van der Waals surface area contributed by atoms with Gasteiger partial charge in [-0.25, -0.2) is 4.79 Å². The van der Waals surface area contributed by atoms with Gasteiger partial charge in [0.05, 0.1) is 0 Å². The fraction of sp³-hybridized carbons (Fsp3) is 0.238. The van der Waals surface area contributed by atoms with E-state index >= 15 is 0 Å². The molecule has 0 saturated heterocycles. The van der Waals surface area contributed by atoms with Crippen molar-refractivity contribution in [3.05, 3.63) is 65.3 Å². The molecule has 1 aliphatic rings. The van der Waals surface area contributed by atoms with Crippen LogP contribution in [0.25, 0.3) is 10.9 Å². The number of rotatable bonds is 6. The van der Waals surface area contributed by atoms with E-state index in [1.807, 2.05) is 30.5 Å². The molecule has 1 saturated carbocycles. The van der Waals surface area contributed by atoms with Crippen molar-refractivity contribution in [2.45, 2.75) is 31.3 Å². The first-order valence-electron chi connectivity index (χ1n) is 9.27. The van der Waals surface area contributed by atoms with Crippen LogP contribution in [0, 0.1) is 0 Å². The summed E-state index contributed by atoms with van der Waals surface area (Å²) in [7, 11) is 0. The van der Waals surface area contributed by atoms with E-state index in [2.05, 4.69) is 20.9 Å². The van der Waals surface area contributed by atoms with Gasteiger partial charge in [0.2, 0.25) is 5.91 Å². The van der Waals surface area contributed by atoms with Gasteiger partial charge >= 0.3 is 6.03 Å². The molecule has 0 spiro atoms. The van der Waals surface area contributed by atoms with Crippen LogP contribution in [0.1, 0.15) is 18.4 Å². The SMILES string of the molecule is O=C(Nc1ccc(Cl)cc1)N[C@@H](Cc1c[nH]c2ccccc12)C(=O)NC1CC1. The molecule has 4 rings (SSSR count). The molecule has 2 aromatic carbocycles. The minimum atomic E-state index is -0.674. The van der Waals surface area contributed by atoms with Gasteiger partial charge < -0.3 is 20.9 Å². The minimum Gasteiger partial charge on any atom is -0.361 e. The second-order valence-corrected chi connectivity index (χ2v) is 7.44. The van der Waals surface area contributed by atoms with Gasteiger partial charge in [-0.15, -0.1) is 0 Å². The fourth-order valence-corrected chi connectivity index (χ4v) is 3.24. The van der Waals surface area contributed by atoms with E-state index in [0.717, 1.165) is 29.3 Å². The van der Waals surface area contributed by atoms with Crippen molar-refractivity contribution in [3.8, 4) is 0 Å². The number of aromatic nitrogens is 1. The van der Waals surface area contributed by atoms with E-state index in [-0.39, 0.29) is 11.9 Å². The molecule has 1 fully saturated rings. The number of nitrogens with one attached hydrogen (secondary N) is 4. The lowest BCUT2D eigenvalue weighted by Crippen LogP contribution is -2.49. The molecule has 4 N–H and O–H groups in total. The van der Waals surface area contributed by atoms with Crippen molar-refractivity contribution < 1.29 is 9.59 Å². The zero-order chi connectivity index (χ0) is 19.5. The maximum atomic E-state index is 12.7. The van der Waals surface area contributed by atoms with Gasteiger partial charge in [0, 0.05) is 40.3 Å². The number of halogens is 1. The number of carbonyl (C=O) groups is 2.